The third-order valence-electron chi connectivity index (χ3n) is 3.85. The molecule has 1 N–H and O–H groups in total. The summed E-state index contributed by atoms with van der Waals surface area (Å²) in [4.78, 5) is 14.5. The quantitative estimate of drug-likeness (QED) is 0.796. The van der Waals surface area contributed by atoms with E-state index in [4.69, 9.17) is 9.47 Å². The summed E-state index contributed by atoms with van der Waals surface area (Å²) in [6.45, 7) is 8.07. The van der Waals surface area contributed by atoms with Crippen molar-refractivity contribution in [1.82, 2.24) is 10.2 Å². The van der Waals surface area contributed by atoms with Crippen molar-refractivity contribution in [3.05, 3.63) is 0 Å². The Labute approximate surface area is 102 Å². The van der Waals surface area contributed by atoms with Crippen molar-refractivity contribution in [2.75, 3.05) is 19.9 Å². The monoisotopic (exact) mass is 242 g/mol. The highest BCUT2D eigenvalue weighted by molar-refractivity contribution is 5.86. The lowest BCUT2D eigenvalue weighted by molar-refractivity contribution is -0.339. The number of rotatable bonds is 4. The number of nitrogens with zero attached hydrogens (tertiary/aromatic N) is 1. The third-order valence-corrected chi connectivity index (χ3v) is 3.85. The number of hydrogen-bond acceptors (Lipinski definition) is 4. The Morgan fingerprint density at radius 2 is 1.94 bits per heavy atom. The molecule has 5 heteroatoms. The minimum atomic E-state index is -0.616. The van der Waals surface area contributed by atoms with Crippen LogP contribution >= 0.6 is 0 Å². The fourth-order valence-electron chi connectivity index (χ4n) is 2.19. The Hall–Kier alpha value is -0.650. The zero-order valence-corrected chi connectivity index (χ0v) is 10.9. The van der Waals surface area contributed by atoms with Gasteiger partial charge < -0.3 is 14.4 Å². The SMILES string of the molecule is CC(C)[C@@](C)(NC1OCO1)C(=O)N1CCCC1. The summed E-state index contributed by atoms with van der Waals surface area (Å²) in [6, 6.07) is 0. The molecule has 2 aliphatic rings. The number of amides is 1. The van der Waals surface area contributed by atoms with Crippen LogP contribution in [0.25, 0.3) is 0 Å². The van der Waals surface area contributed by atoms with Crippen LogP contribution in [0.3, 0.4) is 0 Å². The van der Waals surface area contributed by atoms with Crippen molar-refractivity contribution >= 4 is 5.91 Å². The molecule has 2 aliphatic heterocycles. The molecule has 0 aromatic carbocycles. The largest absolute Gasteiger partial charge is 0.341 e. The topological polar surface area (TPSA) is 50.8 Å². The maximum atomic E-state index is 12.5. The summed E-state index contributed by atoms with van der Waals surface area (Å²) in [7, 11) is 0. The second kappa shape index (κ2) is 4.92. The number of ether oxygens (including phenoxy) is 2. The highest BCUT2D eigenvalue weighted by Gasteiger charge is 2.43. The fraction of sp³-hybridized carbons (Fsp3) is 0.917. The zero-order chi connectivity index (χ0) is 12.5. The zero-order valence-electron chi connectivity index (χ0n) is 10.9. The van der Waals surface area contributed by atoms with Crippen molar-refractivity contribution in [2.45, 2.75) is 45.6 Å². The first-order chi connectivity index (χ1) is 8.04. The van der Waals surface area contributed by atoms with E-state index in [9.17, 15) is 4.79 Å². The van der Waals surface area contributed by atoms with Crippen LogP contribution in [0.1, 0.15) is 33.6 Å². The predicted molar refractivity (Wildman–Crippen MR) is 63.0 cm³/mol. The molecule has 0 bridgehead atoms. The molecule has 2 rings (SSSR count). The molecular formula is C12H22N2O3. The molecule has 1 atom stereocenters. The van der Waals surface area contributed by atoms with Gasteiger partial charge in [-0.3, -0.25) is 10.1 Å². The van der Waals surface area contributed by atoms with Gasteiger partial charge in [-0.05, 0) is 25.7 Å². The van der Waals surface area contributed by atoms with Crippen LogP contribution in [0.15, 0.2) is 0 Å². The Morgan fingerprint density at radius 3 is 2.35 bits per heavy atom. The van der Waals surface area contributed by atoms with E-state index in [2.05, 4.69) is 5.32 Å². The molecule has 17 heavy (non-hydrogen) atoms. The summed E-state index contributed by atoms with van der Waals surface area (Å²) in [5, 5.41) is 3.17. The molecule has 0 aromatic heterocycles. The lowest BCUT2D eigenvalue weighted by atomic mass is 9.87. The average molecular weight is 242 g/mol. The second-order valence-corrected chi connectivity index (χ2v) is 5.28. The normalized spacial score (nSPS) is 24.8. The Morgan fingerprint density at radius 1 is 1.35 bits per heavy atom. The molecule has 98 valence electrons. The van der Waals surface area contributed by atoms with Gasteiger partial charge in [0.05, 0.1) is 0 Å². The van der Waals surface area contributed by atoms with E-state index in [0.29, 0.717) is 6.79 Å². The molecule has 0 aliphatic carbocycles. The van der Waals surface area contributed by atoms with Crippen LogP contribution in [-0.4, -0.2) is 42.6 Å². The molecule has 2 saturated heterocycles. The molecule has 5 nitrogen and oxygen atoms in total. The highest BCUT2D eigenvalue weighted by Crippen LogP contribution is 2.24. The second-order valence-electron chi connectivity index (χ2n) is 5.28. The fourth-order valence-corrected chi connectivity index (χ4v) is 2.19. The minimum Gasteiger partial charge on any atom is -0.341 e. The van der Waals surface area contributed by atoms with Crippen molar-refractivity contribution in [2.24, 2.45) is 5.92 Å². The van der Waals surface area contributed by atoms with E-state index in [1.807, 2.05) is 25.7 Å². The number of carbonyl (C=O) groups excluding carboxylic acids is 1. The van der Waals surface area contributed by atoms with Crippen LogP contribution in [0.4, 0.5) is 0 Å². The van der Waals surface area contributed by atoms with Gasteiger partial charge in [-0.2, -0.15) is 0 Å². The molecule has 0 saturated carbocycles. The first-order valence-electron chi connectivity index (χ1n) is 6.34. The van der Waals surface area contributed by atoms with Gasteiger partial charge in [0, 0.05) is 13.1 Å². The Kier molecular flexibility index (Phi) is 3.70. The number of carbonyl (C=O) groups is 1. The van der Waals surface area contributed by atoms with Crippen LogP contribution in [0.2, 0.25) is 0 Å². The standard InChI is InChI=1S/C12H22N2O3/c1-9(2)12(3,13-11-16-8-17-11)10(15)14-6-4-5-7-14/h9,11,13H,4-8H2,1-3H3/t12-/m1/s1. The first-order valence-corrected chi connectivity index (χ1v) is 6.34. The van der Waals surface area contributed by atoms with Crippen LogP contribution in [0, 0.1) is 5.92 Å². The van der Waals surface area contributed by atoms with E-state index in [-0.39, 0.29) is 11.8 Å². The van der Waals surface area contributed by atoms with Crippen LogP contribution in [-0.2, 0) is 14.3 Å². The molecule has 2 heterocycles. The number of nitrogens with one attached hydrogen (secondary N) is 1. The smallest absolute Gasteiger partial charge is 0.243 e. The van der Waals surface area contributed by atoms with Crippen LogP contribution < -0.4 is 5.32 Å². The highest BCUT2D eigenvalue weighted by atomic mass is 16.9. The molecular weight excluding hydrogens is 220 g/mol. The van der Waals surface area contributed by atoms with Gasteiger partial charge in [0.2, 0.25) is 12.3 Å². The summed E-state index contributed by atoms with van der Waals surface area (Å²) in [5.41, 5.74) is -0.616. The predicted octanol–water partition coefficient (Wildman–Crippen LogP) is 0.901. The van der Waals surface area contributed by atoms with Gasteiger partial charge >= 0.3 is 0 Å². The van der Waals surface area contributed by atoms with Crippen LogP contribution in [0.5, 0.6) is 0 Å². The van der Waals surface area contributed by atoms with E-state index in [0.717, 1.165) is 25.9 Å². The first kappa shape index (κ1) is 12.8. The Balaban J connectivity index is 2.05. The van der Waals surface area contributed by atoms with E-state index in [1.54, 1.807) is 0 Å². The van der Waals surface area contributed by atoms with Crippen molar-refractivity contribution in [3.63, 3.8) is 0 Å². The van der Waals surface area contributed by atoms with Gasteiger partial charge in [-0.25, -0.2) is 0 Å². The number of hydrogen-bond donors (Lipinski definition) is 1. The summed E-state index contributed by atoms with van der Waals surface area (Å²) < 4.78 is 10.4. The van der Waals surface area contributed by atoms with Gasteiger partial charge in [0.15, 0.2) is 6.79 Å². The Bertz CT molecular complexity index is 285. The summed E-state index contributed by atoms with van der Waals surface area (Å²) in [6.07, 6.45) is 1.78. The molecule has 0 spiro atoms. The molecule has 0 unspecified atom stereocenters. The molecule has 0 aromatic rings. The van der Waals surface area contributed by atoms with E-state index in [1.165, 1.54) is 0 Å². The lowest BCUT2D eigenvalue weighted by Crippen LogP contribution is -2.64. The molecule has 2 fully saturated rings. The van der Waals surface area contributed by atoms with Crippen molar-refractivity contribution in [1.29, 1.82) is 0 Å². The van der Waals surface area contributed by atoms with Crippen molar-refractivity contribution in [3.8, 4) is 0 Å². The maximum Gasteiger partial charge on any atom is 0.243 e. The maximum absolute atomic E-state index is 12.5. The average Bonchev–Trinajstić information content (AvgIpc) is 2.75. The molecule has 1 amide bonds. The van der Waals surface area contributed by atoms with Crippen molar-refractivity contribution < 1.29 is 14.3 Å². The van der Waals surface area contributed by atoms with Gasteiger partial charge in [-0.1, -0.05) is 13.8 Å². The molecule has 0 radical (unpaired) electrons. The van der Waals surface area contributed by atoms with E-state index >= 15 is 0 Å². The van der Waals surface area contributed by atoms with Gasteiger partial charge in [0.1, 0.15) is 5.54 Å². The third kappa shape index (κ3) is 2.46. The summed E-state index contributed by atoms with van der Waals surface area (Å²) in [5.74, 6) is 0.340. The van der Waals surface area contributed by atoms with E-state index < -0.39 is 12.0 Å². The lowest BCUT2D eigenvalue weighted by Gasteiger charge is -2.41. The van der Waals surface area contributed by atoms with Gasteiger partial charge in [0.25, 0.3) is 0 Å². The van der Waals surface area contributed by atoms with Gasteiger partial charge in [-0.15, -0.1) is 0 Å². The number of likely N-dealkylation sites (tertiary alicyclic amines) is 1. The summed E-state index contributed by atoms with van der Waals surface area (Å²) >= 11 is 0. The minimum absolute atomic E-state index is 0.157.